The van der Waals surface area contributed by atoms with Crippen molar-refractivity contribution in [3.8, 4) is 11.1 Å². The number of fused-ring (bicyclic) bond motifs is 1. The van der Waals surface area contributed by atoms with Crippen molar-refractivity contribution in [1.82, 2.24) is 14.8 Å². The van der Waals surface area contributed by atoms with E-state index >= 15 is 0 Å². The van der Waals surface area contributed by atoms with Crippen molar-refractivity contribution in [2.24, 2.45) is 0 Å². The maximum Gasteiger partial charge on any atom is 0.357 e. The zero-order valence-corrected chi connectivity index (χ0v) is 8.60. The van der Waals surface area contributed by atoms with Crippen molar-refractivity contribution in [3.63, 3.8) is 0 Å². The quantitative estimate of drug-likeness (QED) is 0.801. The second-order valence-corrected chi connectivity index (χ2v) is 3.90. The normalized spacial score (nSPS) is 14.0. The van der Waals surface area contributed by atoms with Crippen LogP contribution in [0.2, 0.25) is 0 Å². The third kappa shape index (κ3) is 1.18. The van der Waals surface area contributed by atoms with Gasteiger partial charge in [-0.2, -0.15) is 5.10 Å². The Hall–Kier alpha value is -2.04. The minimum absolute atomic E-state index is 0.161. The fourth-order valence-electron chi connectivity index (χ4n) is 2.26. The van der Waals surface area contributed by atoms with Gasteiger partial charge in [0, 0.05) is 35.8 Å². The molecule has 0 spiro atoms. The zero-order chi connectivity index (χ0) is 11.1. The van der Waals surface area contributed by atoms with E-state index in [1.165, 1.54) is 0 Å². The molecule has 0 radical (unpaired) electrons. The van der Waals surface area contributed by atoms with Crippen LogP contribution < -0.4 is 0 Å². The lowest BCUT2D eigenvalue weighted by molar-refractivity contribution is 0.0690. The molecule has 0 aromatic carbocycles. The number of carboxylic acids is 1. The van der Waals surface area contributed by atoms with Gasteiger partial charge in [-0.3, -0.25) is 4.68 Å². The summed E-state index contributed by atoms with van der Waals surface area (Å²) in [6.45, 7) is 0.819. The van der Waals surface area contributed by atoms with Gasteiger partial charge in [0.05, 0.1) is 0 Å². The summed E-state index contributed by atoms with van der Waals surface area (Å²) in [5.74, 6) is -0.960. The topological polar surface area (TPSA) is 70.9 Å². The highest BCUT2D eigenvalue weighted by Gasteiger charge is 2.26. The van der Waals surface area contributed by atoms with Gasteiger partial charge in [-0.05, 0) is 18.9 Å². The van der Waals surface area contributed by atoms with Crippen molar-refractivity contribution >= 4 is 5.97 Å². The Kier molecular flexibility index (Phi) is 1.86. The van der Waals surface area contributed by atoms with Gasteiger partial charge in [-0.1, -0.05) is 0 Å². The maximum absolute atomic E-state index is 11.1. The summed E-state index contributed by atoms with van der Waals surface area (Å²) in [4.78, 5) is 14.1. The lowest BCUT2D eigenvalue weighted by atomic mass is 10.0. The standard InChI is InChI=1S/C11H11N3O2/c15-11(16)10-9(7-3-4-12-6-7)8-2-1-5-14(8)13-10/h3-4,6,12H,1-2,5H2,(H,15,16). The number of hydrogen-bond donors (Lipinski definition) is 2. The Morgan fingerprint density at radius 3 is 3.12 bits per heavy atom. The molecule has 0 saturated heterocycles. The van der Waals surface area contributed by atoms with Gasteiger partial charge < -0.3 is 10.1 Å². The summed E-state index contributed by atoms with van der Waals surface area (Å²) < 4.78 is 1.81. The van der Waals surface area contributed by atoms with Crippen LogP contribution in [-0.2, 0) is 13.0 Å². The van der Waals surface area contributed by atoms with E-state index in [1.807, 2.05) is 16.9 Å². The van der Waals surface area contributed by atoms with Crippen LogP contribution in [-0.4, -0.2) is 25.8 Å². The molecule has 0 unspecified atom stereocenters. The number of hydrogen-bond acceptors (Lipinski definition) is 2. The van der Waals surface area contributed by atoms with E-state index in [1.54, 1.807) is 6.20 Å². The molecule has 5 nitrogen and oxygen atoms in total. The van der Waals surface area contributed by atoms with Gasteiger partial charge in [0.2, 0.25) is 0 Å². The number of carbonyl (C=O) groups is 1. The molecule has 0 aliphatic carbocycles. The Morgan fingerprint density at radius 1 is 1.56 bits per heavy atom. The second kappa shape index (κ2) is 3.23. The molecule has 0 amide bonds. The third-order valence-electron chi connectivity index (χ3n) is 2.93. The highest BCUT2D eigenvalue weighted by Crippen LogP contribution is 2.31. The second-order valence-electron chi connectivity index (χ2n) is 3.90. The van der Waals surface area contributed by atoms with Crippen LogP contribution in [0.1, 0.15) is 22.6 Å². The van der Waals surface area contributed by atoms with E-state index in [9.17, 15) is 4.79 Å². The molecule has 5 heteroatoms. The van der Waals surface area contributed by atoms with Gasteiger partial charge >= 0.3 is 5.97 Å². The first-order chi connectivity index (χ1) is 7.77. The Balaban J connectivity index is 2.25. The summed E-state index contributed by atoms with van der Waals surface area (Å²) in [5.41, 5.74) is 2.87. The summed E-state index contributed by atoms with van der Waals surface area (Å²) in [6, 6.07) is 1.88. The van der Waals surface area contributed by atoms with Crippen LogP contribution in [0.15, 0.2) is 18.5 Å². The van der Waals surface area contributed by atoms with Gasteiger partial charge in [-0.25, -0.2) is 4.79 Å². The van der Waals surface area contributed by atoms with Crippen molar-refractivity contribution < 1.29 is 9.90 Å². The smallest absolute Gasteiger partial charge is 0.357 e. The van der Waals surface area contributed by atoms with Crippen LogP contribution in [0.4, 0.5) is 0 Å². The van der Waals surface area contributed by atoms with E-state index in [2.05, 4.69) is 10.1 Å². The molecule has 82 valence electrons. The fraction of sp³-hybridized carbons (Fsp3) is 0.273. The summed E-state index contributed by atoms with van der Waals surface area (Å²) in [6.07, 6.45) is 5.54. The molecular weight excluding hydrogens is 206 g/mol. The van der Waals surface area contributed by atoms with Crippen molar-refractivity contribution in [1.29, 1.82) is 0 Å². The number of aromatic nitrogens is 3. The van der Waals surface area contributed by atoms with E-state index in [0.717, 1.165) is 36.2 Å². The average Bonchev–Trinajstić information content (AvgIpc) is 2.92. The van der Waals surface area contributed by atoms with Crippen LogP contribution in [0.3, 0.4) is 0 Å². The average molecular weight is 217 g/mol. The van der Waals surface area contributed by atoms with Gasteiger partial charge in [0.1, 0.15) is 0 Å². The number of carboxylic acid groups (broad SMARTS) is 1. The maximum atomic E-state index is 11.1. The number of aryl methyl sites for hydroxylation is 1. The van der Waals surface area contributed by atoms with Crippen LogP contribution in [0.5, 0.6) is 0 Å². The predicted molar refractivity (Wildman–Crippen MR) is 57.3 cm³/mol. The largest absolute Gasteiger partial charge is 0.476 e. The first-order valence-corrected chi connectivity index (χ1v) is 5.23. The lowest BCUT2D eigenvalue weighted by Crippen LogP contribution is -2.02. The molecule has 1 aliphatic rings. The number of rotatable bonds is 2. The first-order valence-electron chi connectivity index (χ1n) is 5.23. The number of aromatic amines is 1. The number of nitrogens with one attached hydrogen (secondary N) is 1. The third-order valence-corrected chi connectivity index (χ3v) is 2.93. The van der Waals surface area contributed by atoms with Crippen LogP contribution in [0.25, 0.3) is 11.1 Å². The summed E-state index contributed by atoms with van der Waals surface area (Å²) in [7, 11) is 0. The van der Waals surface area contributed by atoms with Gasteiger partial charge in [-0.15, -0.1) is 0 Å². The summed E-state index contributed by atoms with van der Waals surface area (Å²) >= 11 is 0. The van der Waals surface area contributed by atoms with Gasteiger partial charge in [0.25, 0.3) is 0 Å². The molecule has 0 fully saturated rings. The highest BCUT2D eigenvalue weighted by molar-refractivity contribution is 5.94. The molecule has 3 heterocycles. The SMILES string of the molecule is O=C(O)c1nn2c(c1-c1cc[nH]c1)CCC2. The Morgan fingerprint density at radius 2 is 2.44 bits per heavy atom. The molecule has 0 atom stereocenters. The van der Waals surface area contributed by atoms with E-state index in [0.29, 0.717) is 0 Å². The molecule has 16 heavy (non-hydrogen) atoms. The molecule has 2 N–H and O–H groups in total. The minimum Gasteiger partial charge on any atom is -0.476 e. The Labute approximate surface area is 91.7 Å². The first kappa shape index (κ1) is 9.21. The number of nitrogens with zero attached hydrogens (tertiary/aromatic N) is 2. The monoisotopic (exact) mass is 217 g/mol. The lowest BCUT2D eigenvalue weighted by Gasteiger charge is -1.98. The Bertz CT molecular complexity index is 540. The molecule has 0 saturated carbocycles. The van der Waals surface area contributed by atoms with E-state index in [4.69, 9.17) is 5.11 Å². The molecular formula is C11H11N3O2. The molecule has 1 aliphatic heterocycles. The molecule has 0 bridgehead atoms. The molecule has 2 aromatic heterocycles. The van der Waals surface area contributed by atoms with Crippen molar-refractivity contribution in [2.75, 3.05) is 0 Å². The van der Waals surface area contributed by atoms with Crippen molar-refractivity contribution in [3.05, 3.63) is 29.8 Å². The van der Waals surface area contributed by atoms with Crippen LogP contribution in [0, 0.1) is 0 Å². The van der Waals surface area contributed by atoms with E-state index < -0.39 is 5.97 Å². The molecule has 2 aromatic rings. The molecule has 3 rings (SSSR count). The fourth-order valence-corrected chi connectivity index (χ4v) is 2.26. The van der Waals surface area contributed by atoms with Crippen molar-refractivity contribution in [2.45, 2.75) is 19.4 Å². The predicted octanol–water partition coefficient (Wildman–Crippen LogP) is 1.52. The highest BCUT2D eigenvalue weighted by atomic mass is 16.4. The van der Waals surface area contributed by atoms with Gasteiger partial charge in [0.15, 0.2) is 5.69 Å². The summed E-state index contributed by atoms with van der Waals surface area (Å²) in [5, 5.41) is 13.3. The number of aromatic carboxylic acids is 1. The van der Waals surface area contributed by atoms with E-state index in [-0.39, 0.29) is 5.69 Å². The van der Waals surface area contributed by atoms with Crippen LogP contribution >= 0.6 is 0 Å². The zero-order valence-electron chi connectivity index (χ0n) is 8.60. The number of H-pyrrole nitrogens is 1. The minimum atomic E-state index is -0.960.